The summed E-state index contributed by atoms with van der Waals surface area (Å²) < 4.78 is 21.9. The molecule has 6 heteroatoms. The lowest BCUT2D eigenvalue weighted by Gasteiger charge is -2.12. The molecule has 0 atom stereocenters. The maximum absolute atomic E-state index is 12.5. The molecular formula is C22H29NO5. The first-order valence-electron chi connectivity index (χ1n) is 9.56. The van der Waals surface area contributed by atoms with E-state index in [1.165, 1.54) is 0 Å². The quantitative estimate of drug-likeness (QED) is 0.561. The second kappa shape index (κ2) is 11.9. The maximum Gasteiger partial charge on any atom is 0.251 e. The first-order valence-corrected chi connectivity index (χ1v) is 9.56. The highest BCUT2D eigenvalue weighted by atomic mass is 16.5. The summed E-state index contributed by atoms with van der Waals surface area (Å²) >= 11 is 0. The third kappa shape index (κ3) is 6.78. The molecule has 2 aromatic carbocycles. The zero-order valence-corrected chi connectivity index (χ0v) is 16.8. The smallest absolute Gasteiger partial charge is 0.251 e. The summed E-state index contributed by atoms with van der Waals surface area (Å²) in [5.41, 5.74) is 1.47. The van der Waals surface area contributed by atoms with Crippen LogP contribution in [0.5, 0.6) is 17.2 Å². The zero-order valence-electron chi connectivity index (χ0n) is 16.8. The van der Waals surface area contributed by atoms with E-state index >= 15 is 0 Å². The van der Waals surface area contributed by atoms with E-state index in [-0.39, 0.29) is 5.91 Å². The van der Waals surface area contributed by atoms with Crippen molar-refractivity contribution in [1.82, 2.24) is 5.32 Å². The van der Waals surface area contributed by atoms with Crippen molar-refractivity contribution in [2.24, 2.45) is 0 Å². The van der Waals surface area contributed by atoms with Gasteiger partial charge in [-0.1, -0.05) is 19.1 Å². The summed E-state index contributed by atoms with van der Waals surface area (Å²) in [6.45, 7) is 6.63. The van der Waals surface area contributed by atoms with Gasteiger partial charge in [0, 0.05) is 18.7 Å². The largest absolute Gasteiger partial charge is 0.493 e. The predicted molar refractivity (Wildman–Crippen MR) is 108 cm³/mol. The number of amides is 1. The fourth-order valence-corrected chi connectivity index (χ4v) is 2.53. The minimum atomic E-state index is -0.166. The van der Waals surface area contributed by atoms with E-state index in [0.717, 1.165) is 12.0 Å². The van der Waals surface area contributed by atoms with Gasteiger partial charge in [-0.25, -0.2) is 0 Å². The lowest BCUT2D eigenvalue weighted by molar-refractivity contribution is 0.0949. The number of nitrogens with one attached hydrogen (secondary N) is 1. The van der Waals surface area contributed by atoms with Crippen molar-refractivity contribution in [1.29, 1.82) is 0 Å². The number of hydrogen-bond acceptors (Lipinski definition) is 5. The van der Waals surface area contributed by atoms with Gasteiger partial charge in [-0.3, -0.25) is 4.79 Å². The van der Waals surface area contributed by atoms with E-state index in [1.54, 1.807) is 25.3 Å². The molecule has 0 aliphatic rings. The van der Waals surface area contributed by atoms with E-state index in [9.17, 15) is 4.79 Å². The minimum absolute atomic E-state index is 0.166. The molecule has 0 bridgehead atoms. The molecule has 0 fully saturated rings. The van der Waals surface area contributed by atoms with Gasteiger partial charge >= 0.3 is 0 Å². The first kappa shape index (κ1) is 21.6. The highest BCUT2D eigenvalue weighted by Gasteiger charge is 2.09. The van der Waals surface area contributed by atoms with Crippen molar-refractivity contribution >= 4 is 5.91 Å². The van der Waals surface area contributed by atoms with Gasteiger partial charge in [0.05, 0.1) is 20.3 Å². The van der Waals surface area contributed by atoms with Gasteiger partial charge in [-0.15, -0.1) is 0 Å². The number of ether oxygens (including phenoxy) is 4. The van der Waals surface area contributed by atoms with Crippen molar-refractivity contribution in [3.63, 3.8) is 0 Å². The zero-order chi connectivity index (χ0) is 20.2. The van der Waals surface area contributed by atoms with Crippen molar-refractivity contribution in [3.8, 4) is 17.2 Å². The minimum Gasteiger partial charge on any atom is -0.493 e. The molecule has 0 aliphatic carbocycles. The summed E-state index contributed by atoms with van der Waals surface area (Å²) in [5.74, 6) is 1.84. The number of benzene rings is 2. The van der Waals surface area contributed by atoms with Gasteiger partial charge in [0.1, 0.15) is 12.4 Å². The van der Waals surface area contributed by atoms with Gasteiger partial charge in [0.25, 0.3) is 5.91 Å². The molecule has 2 aromatic rings. The van der Waals surface area contributed by atoms with E-state index < -0.39 is 0 Å². The molecule has 0 heterocycles. The van der Waals surface area contributed by atoms with E-state index in [4.69, 9.17) is 18.9 Å². The lowest BCUT2D eigenvalue weighted by atomic mass is 10.1. The summed E-state index contributed by atoms with van der Waals surface area (Å²) in [5, 5.41) is 2.92. The normalized spacial score (nSPS) is 10.4. The van der Waals surface area contributed by atoms with Crippen molar-refractivity contribution in [3.05, 3.63) is 53.6 Å². The molecule has 0 unspecified atom stereocenters. The Balaban J connectivity index is 1.92. The standard InChI is InChI=1S/C22H29NO5/c1-4-11-28-20-10-9-17(14-21(20)25-3)16-23-22(24)18-7-6-8-19(15-18)27-13-12-26-5-2/h6-10,14-15H,4-5,11-13,16H2,1-3H3,(H,23,24). The molecule has 0 saturated heterocycles. The molecule has 1 amide bonds. The average molecular weight is 387 g/mol. The molecule has 0 spiro atoms. The predicted octanol–water partition coefficient (Wildman–Crippen LogP) is 3.83. The summed E-state index contributed by atoms with van der Waals surface area (Å²) in [6.07, 6.45) is 0.926. The topological polar surface area (TPSA) is 66.0 Å². The third-order valence-corrected chi connectivity index (χ3v) is 3.94. The van der Waals surface area contributed by atoms with Gasteiger partial charge in [-0.05, 0) is 49.2 Å². The average Bonchev–Trinajstić information content (AvgIpc) is 2.74. The summed E-state index contributed by atoms with van der Waals surface area (Å²) in [6, 6.07) is 12.8. The third-order valence-electron chi connectivity index (χ3n) is 3.94. The Morgan fingerprint density at radius 3 is 2.57 bits per heavy atom. The number of carbonyl (C=O) groups is 1. The van der Waals surface area contributed by atoms with Gasteiger partial charge < -0.3 is 24.3 Å². The molecule has 2 rings (SSSR count). The van der Waals surface area contributed by atoms with Crippen LogP contribution in [-0.4, -0.2) is 39.4 Å². The SMILES string of the molecule is CCCOc1ccc(CNC(=O)c2cccc(OCCOCC)c2)cc1OC. The Labute approximate surface area is 166 Å². The van der Waals surface area contributed by atoms with Gasteiger partial charge in [0.2, 0.25) is 0 Å². The van der Waals surface area contributed by atoms with Crippen LogP contribution in [0.15, 0.2) is 42.5 Å². The van der Waals surface area contributed by atoms with E-state index in [0.29, 0.717) is 55.8 Å². The van der Waals surface area contributed by atoms with Crippen LogP contribution < -0.4 is 19.5 Å². The van der Waals surface area contributed by atoms with Crippen LogP contribution in [-0.2, 0) is 11.3 Å². The molecule has 28 heavy (non-hydrogen) atoms. The van der Waals surface area contributed by atoms with Gasteiger partial charge in [0.15, 0.2) is 11.5 Å². The molecule has 0 aliphatic heterocycles. The number of rotatable bonds is 12. The van der Waals surface area contributed by atoms with Crippen LogP contribution in [0.3, 0.4) is 0 Å². The Morgan fingerprint density at radius 1 is 0.964 bits per heavy atom. The Morgan fingerprint density at radius 2 is 1.82 bits per heavy atom. The Bertz CT molecular complexity index is 747. The maximum atomic E-state index is 12.5. The van der Waals surface area contributed by atoms with Crippen molar-refractivity contribution < 1.29 is 23.7 Å². The molecule has 0 radical (unpaired) electrons. The summed E-state index contributed by atoms with van der Waals surface area (Å²) in [4.78, 5) is 12.5. The van der Waals surface area contributed by atoms with Crippen molar-refractivity contribution in [2.45, 2.75) is 26.8 Å². The fraction of sp³-hybridized carbons (Fsp3) is 0.409. The highest BCUT2D eigenvalue weighted by Crippen LogP contribution is 2.28. The second-order valence-electron chi connectivity index (χ2n) is 6.09. The van der Waals surface area contributed by atoms with E-state index in [1.807, 2.05) is 31.2 Å². The molecule has 152 valence electrons. The second-order valence-corrected chi connectivity index (χ2v) is 6.09. The Hall–Kier alpha value is -2.73. The molecule has 0 aromatic heterocycles. The first-order chi connectivity index (χ1) is 13.7. The Kier molecular flexibility index (Phi) is 9.15. The number of hydrogen-bond donors (Lipinski definition) is 1. The van der Waals surface area contributed by atoms with Crippen LogP contribution in [0.2, 0.25) is 0 Å². The molecule has 0 saturated carbocycles. The monoisotopic (exact) mass is 387 g/mol. The lowest BCUT2D eigenvalue weighted by Crippen LogP contribution is -2.22. The van der Waals surface area contributed by atoms with Crippen molar-refractivity contribution in [2.75, 3.05) is 33.5 Å². The summed E-state index contributed by atoms with van der Waals surface area (Å²) in [7, 11) is 1.60. The number of carbonyl (C=O) groups excluding carboxylic acids is 1. The molecular weight excluding hydrogens is 358 g/mol. The molecule has 1 N–H and O–H groups in total. The fourth-order valence-electron chi connectivity index (χ4n) is 2.53. The van der Waals surface area contributed by atoms with Crippen LogP contribution in [0, 0.1) is 0 Å². The van der Waals surface area contributed by atoms with Crippen LogP contribution >= 0.6 is 0 Å². The van der Waals surface area contributed by atoms with Crippen LogP contribution in [0.1, 0.15) is 36.2 Å². The van der Waals surface area contributed by atoms with Gasteiger partial charge in [-0.2, -0.15) is 0 Å². The highest BCUT2D eigenvalue weighted by molar-refractivity contribution is 5.94. The molecule has 6 nitrogen and oxygen atoms in total. The number of methoxy groups -OCH3 is 1. The van der Waals surface area contributed by atoms with Crippen LogP contribution in [0.4, 0.5) is 0 Å². The van der Waals surface area contributed by atoms with E-state index in [2.05, 4.69) is 12.2 Å². The van der Waals surface area contributed by atoms with Crippen LogP contribution in [0.25, 0.3) is 0 Å².